The highest BCUT2D eigenvalue weighted by atomic mass is 32.2. The highest BCUT2D eigenvalue weighted by Gasteiger charge is 2.19. The van der Waals surface area contributed by atoms with Gasteiger partial charge in [0.2, 0.25) is 10.0 Å². The molecule has 25 heavy (non-hydrogen) atoms. The summed E-state index contributed by atoms with van der Waals surface area (Å²) < 4.78 is 33.3. The van der Waals surface area contributed by atoms with Crippen molar-refractivity contribution in [1.82, 2.24) is 14.9 Å². The number of ether oxygens (including phenoxy) is 1. The van der Waals surface area contributed by atoms with Crippen molar-refractivity contribution >= 4 is 21.4 Å². The molecule has 6 nitrogen and oxygen atoms in total. The lowest BCUT2D eigenvalue weighted by Gasteiger charge is -2.09. The zero-order valence-corrected chi connectivity index (χ0v) is 15.8. The Hall–Kier alpha value is -2.16. The molecule has 1 aromatic carbocycles. The molecule has 0 aliphatic heterocycles. The van der Waals surface area contributed by atoms with Crippen molar-refractivity contribution < 1.29 is 13.2 Å². The van der Waals surface area contributed by atoms with Crippen LogP contribution in [0.15, 0.2) is 40.6 Å². The fraction of sp³-hybridized carbons (Fsp3) is 0.235. The fourth-order valence-corrected chi connectivity index (χ4v) is 4.81. The van der Waals surface area contributed by atoms with E-state index in [1.165, 1.54) is 11.3 Å². The summed E-state index contributed by atoms with van der Waals surface area (Å²) in [4.78, 5) is 0.819. The van der Waals surface area contributed by atoms with Gasteiger partial charge in [0.15, 0.2) is 0 Å². The van der Waals surface area contributed by atoms with Gasteiger partial charge in [0, 0.05) is 17.8 Å². The second-order valence-corrected chi connectivity index (χ2v) is 8.65. The third kappa shape index (κ3) is 3.60. The Morgan fingerprint density at radius 1 is 1.20 bits per heavy atom. The minimum absolute atomic E-state index is 0.167. The number of para-hydroxylation sites is 1. The van der Waals surface area contributed by atoms with Gasteiger partial charge in [0.1, 0.15) is 15.7 Å². The number of hydrogen-bond acceptors (Lipinski definition) is 5. The molecule has 2 heterocycles. The van der Waals surface area contributed by atoms with Crippen LogP contribution >= 0.6 is 11.3 Å². The first-order valence-electron chi connectivity index (χ1n) is 7.65. The van der Waals surface area contributed by atoms with Crippen LogP contribution in [0.2, 0.25) is 0 Å². The number of methoxy groups -OCH3 is 1. The van der Waals surface area contributed by atoms with Gasteiger partial charge in [-0.05, 0) is 37.6 Å². The first-order chi connectivity index (χ1) is 11.9. The van der Waals surface area contributed by atoms with Crippen molar-refractivity contribution in [2.24, 2.45) is 0 Å². The van der Waals surface area contributed by atoms with Gasteiger partial charge in [0.25, 0.3) is 0 Å². The fourth-order valence-electron chi connectivity index (χ4n) is 2.41. The molecule has 0 atom stereocenters. The Morgan fingerprint density at radius 3 is 2.64 bits per heavy atom. The highest BCUT2D eigenvalue weighted by molar-refractivity contribution is 7.91. The summed E-state index contributed by atoms with van der Waals surface area (Å²) in [5.41, 5.74) is 3.56. The van der Waals surface area contributed by atoms with Gasteiger partial charge in [-0.25, -0.2) is 13.1 Å². The third-order valence-electron chi connectivity index (χ3n) is 3.98. The Bertz CT molecular complexity index is 990. The van der Waals surface area contributed by atoms with Crippen LogP contribution < -0.4 is 9.46 Å². The van der Waals surface area contributed by atoms with E-state index in [9.17, 15) is 8.42 Å². The van der Waals surface area contributed by atoms with Crippen molar-refractivity contribution in [2.45, 2.75) is 24.6 Å². The van der Waals surface area contributed by atoms with Gasteiger partial charge in [-0.2, -0.15) is 5.10 Å². The van der Waals surface area contributed by atoms with Gasteiger partial charge in [-0.3, -0.25) is 5.10 Å². The molecule has 0 aliphatic carbocycles. The molecule has 0 aliphatic rings. The Balaban J connectivity index is 1.80. The molecule has 0 saturated heterocycles. The number of sulfonamides is 1. The predicted molar refractivity (Wildman–Crippen MR) is 98.4 cm³/mol. The predicted octanol–water partition coefficient (Wildman–Crippen LogP) is 3.24. The lowest BCUT2D eigenvalue weighted by atomic mass is 10.2. The summed E-state index contributed by atoms with van der Waals surface area (Å²) in [6, 6.07) is 10.7. The number of nitrogens with zero attached hydrogens (tertiary/aromatic N) is 1. The van der Waals surface area contributed by atoms with E-state index >= 15 is 0 Å². The summed E-state index contributed by atoms with van der Waals surface area (Å²) in [7, 11) is -2.04. The maximum Gasteiger partial charge on any atom is 0.250 e. The zero-order chi connectivity index (χ0) is 18.0. The van der Waals surface area contributed by atoms with Crippen molar-refractivity contribution in [3.8, 4) is 16.3 Å². The molecule has 0 unspecified atom stereocenters. The van der Waals surface area contributed by atoms with Crippen LogP contribution in [-0.4, -0.2) is 25.7 Å². The van der Waals surface area contributed by atoms with Crippen LogP contribution in [-0.2, 0) is 16.6 Å². The monoisotopic (exact) mass is 377 g/mol. The second kappa shape index (κ2) is 6.99. The number of thiophene rings is 1. The van der Waals surface area contributed by atoms with Gasteiger partial charge in [0.05, 0.1) is 12.0 Å². The number of aromatic amines is 1. The van der Waals surface area contributed by atoms with Gasteiger partial charge < -0.3 is 4.74 Å². The molecular formula is C17H19N3O3S2. The maximum absolute atomic E-state index is 12.6. The molecular weight excluding hydrogens is 358 g/mol. The number of rotatable bonds is 6. The standard InChI is InChI=1S/C17H19N3O3S2/c1-11-12(2)19-20-17(11)15-8-9-16(24-15)25(21,22)18-10-13-6-4-5-7-14(13)23-3/h4-9,18H,10H2,1-3H3,(H,19,20). The number of nitrogens with one attached hydrogen (secondary N) is 2. The molecule has 2 N–H and O–H groups in total. The minimum atomic E-state index is -3.60. The Labute approximate surface area is 150 Å². The number of aromatic nitrogens is 2. The quantitative estimate of drug-likeness (QED) is 0.691. The molecule has 0 bridgehead atoms. The van der Waals surface area contributed by atoms with Crippen LogP contribution in [0.25, 0.3) is 10.6 Å². The maximum atomic E-state index is 12.6. The number of benzene rings is 1. The highest BCUT2D eigenvalue weighted by Crippen LogP contribution is 2.32. The van der Waals surface area contributed by atoms with Crippen molar-refractivity contribution in [2.75, 3.05) is 7.11 Å². The minimum Gasteiger partial charge on any atom is -0.496 e. The van der Waals surface area contributed by atoms with E-state index in [1.807, 2.05) is 32.0 Å². The van der Waals surface area contributed by atoms with Crippen LogP contribution in [0.5, 0.6) is 5.75 Å². The van der Waals surface area contributed by atoms with E-state index in [0.717, 1.165) is 27.4 Å². The topological polar surface area (TPSA) is 84.1 Å². The molecule has 0 amide bonds. The van der Waals surface area contributed by atoms with E-state index in [4.69, 9.17) is 4.74 Å². The van der Waals surface area contributed by atoms with Crippen molar-refractivity contribution in [3.05, 3.63) is 53.2 Å². The smallest absolute Gasteiger partial charge is 0.250 e. The molecule has 0 spiro atoms. The average molecular weight is 377 g/mol. The van der Waals surface area contributed by atoms with Crippen LogP contribution in [0.3, 0.4) is 0 Å². The van der Waals surface area contributed by atoms with E-state index in [-0.39, 0.29) is 10.8 Å². The lowest BCUT2D eigenvalue weighted by Crippen LogP contribution is -2.22. The summed E-state index contributed by atoms with van der Waals surface area (Å²) in [5.74, 6) is 0.652. The summed E-state index contributed by atoms with van der Waals surface area (Å²) >= 11 is 1.20. The van der Waals surface area contributed by atoms with Crippen LogP contribution in [0, 0.1) is 13.8 Å². The lowest BCUT2D eigenvalue weighted by molar-refractivity contribution is 0.409. The van der Waals surface area contributed by atoms with E-state index in [1.54, 1.807) is 25.3 Å². The summed E-state index contributed by atoms with van der Waals surface area (Å²) in [6.45, 7) is 4.06. The Kier molecular flexibility index (Phi) is 4.94. The Morgan fingerprint density at radius 2 is 1.96 bits per heavy atom. The number of H-pyrrole nitrogens is 1. The molecule has 0 saturated carbocycles. The van der Waals surface area contributed by atoms with Crippen LogP contribution in [0.4, 0.5) is 0 Å². The number of hydrogen-bond donors (Lipinski definition) is 2. The molecule has 0 fully saturated rings. The zero-order valence-electron chi connectivity index (χ0n) is 14.2. The van der Waals surface area contributed by atoms with E-state index in [0.29, 0.717) is 5.75 Å². The first kappa shape index (κ1) is 17.7. The second-order valence-electron chi connectivity index (χ2n) is 5.58. The molecule has 8 heteroatoms. The molecule has 2 aromatic heterocycles. The van der Waals surface area contributed by atoms with E-state index in [2.05, 4.69) is 14.9 Å². The van der Waals surface area contributed by atoms with Crippen molar-refractivity contribution in [1.29, 1.82) is 0 Å². The molecule has 3 rings (SSSR count). The third-order valence-corrected chi connectivity index (χ3v) is 6.96. The van der Waals surface area contributed by atoms with Gasteiger partial charge in [-0.15, -0.1) is 11.3 Å². The van der Waals surface area contributed by atoms with Crippen LogP contribution in [0.1, 0.15) is 16.8 Å². The largest absolute Gasteiger partial charge is 0.496 e. The molecule has 132 valence electrons. The SMILES string of the molecule is COc1ccccc1CNS(=O)(=O)c1ccc(-c2n[nH]c(C)c2C)s1. The normalized spacial score (nSPS) is 11.6. The molecule has 0 radical (unpaired) electrons. The van der Waals surface area contributed by atoms with Gasteiger partial charge >= 0.3 is 0 Å². The van der Waals surface area contributed by atoms with Gasteiger partial charge in [-0.1, -0.05) is 18.2 Å². The summed E-state index contributed by atoms with van der Waals surface area (Å²) in [6.07, 6.45) is 0. The molecule has 3 aromatic rings. The van der Waals surface area contributed by atoms with E-state index < -0.39 is 10.0 Å². The first-order valence-corrected chi connectivity index (χ1v) is 9.95. The summed E-state index contributed by atoms with van der Waals surface area (Å²) in [5, 5.41) is 7.17. The number of aryl methyl sites for hydroxylation is 1. The van der Waals surface area contributed by atoms with Crippen molar-refractivity contribution in [3.63, 3.8) is 0 Å². The average Bonchev–Trinajstić information content (AvgIpc) is 3.22.